The van der Waals surface area contributed by atoms with Crippen LogP contribution < -0.4 is 15.0 Å². The molecule has 1 aliphatic carbocycles. The number of alkyl halides is 4. The van der Waals surface area contributed by atoms with Crippen LogP contribution in [0.3, 0.4) is 0 Å². The highest BCUT2D eigenvalue weighted by Crippen LogP contribution is 2.34. The standard InChI is InChI=1S/C19H19F4NO3/c20-18(21)24-10-13(6-8-17(24)25)2-1-12-5-7-15(27-19(22)23)16(9-12)26-11-14-3-4-14/h5-10,14,18-19H,1-4,11H2. The molecule has 0 radical (unpaired) electrons. The molecular formula is C19H19F4NO3. The molecule has 0 aliphatic heterocycles. The van der Waals surface area contributed by atoms with Gasteiger partial charge in [-0.1, -0.05) is 12.1 Å². The maximum Gasteiger partial charge on any atom is 0.387 e. The van der Waals surface area contributed by atoms with Gasteiger partial charge in [0.2, 0.25) is 0 Å². The predicted molar refractivity (Wildman–Crippen MR) is 90.7 cm³/mol. The Hall–Kier alpha value is -2.51. The quantitative estimate of drug-likeness (QED) is 0.600. The number of rotatable bonds is 9. The maximum absolute atomic E-state index is 12.8. The Kier molecular flexibility index (Phi) is 6.03. The van der Waals surface area contributed by atoms with Crippen molar-refractivity contribution in [2.24, 2.45) is 5.92 Å². The number of halogens is 4. The lowest BCUT2D eigenvalue weighted by Crippen LogP contribution is -2.19. The zero-order valence-corrected chi connectivity index (χ0v) is 14.4. The molecule has 4 nitrogen and oxygen atoms in total. The number of aromatic nitrogens is 1. The molecule has 27 heavy (non-hydrogen) atoms. The number of ether oxygens (including phenoxy) is 2. The van der Waals surface area contributed by atoms with E-state index in [2.05, 4.69) is 4.74 Å². The van der Waals surface area contributed by atoms with Gasteiger partial charge < -0.3 is 9.47 Å². The molecule has 0 saturated heterocycles. The fraction of sp³-hybridized carbons (Fsp3) is 0.421. The molecule has 0 amide bonds. The van der Waals surface area contributed by atoms with Crippen LogP contribution in [0.2, 0.25) is 0 Å². The van der Waals surface area contributed by atoms with Gasteiger partial charge in [-0.05, 0) is 54.9 Å². The summed E-state index contributed by atoms with van der Waals surface area (Å²) in [7, 11) is 0. The second kappa shape index (κ2) is 8.45. The molecule has 1 aromatic carbocycles. The van der Waals surface area contributed by atoms with Crippen molar-refractivity contribution in [2.45, 2.75) is 38.8 Å². The van der Waals surface area contributed by atoms with E-state index in [1.165, 1.54) is 12.1 Å². The first-order valence-corrected chi connectivity index (χ1v) is 8.62. The van der Waals surface area contributed by atoms with Crippen molar-refractivity contribution in [2.75, 3.05) is 6.61 Å². The van der Waals surface area contributed by atoms with Gasteiger partial charge in [0.25, 0.3) is 5.56 Å². The Morgan fingerprint density at radius 1 is 1.00 bits per heavy atom. The highest BCUT2D eigenvalue weighted by molar-refractivity contribution is 5.43. The highest BCUT2D eigenvalue weighted by atomic mass is 19.3. The topological polar surface area (TPSA) is 40.5 Å². The lowest BCUT2D eigenvalue weighted by molar-refractivity contribution is -0.0515. The molecule has 0 atom stereocenters. The van der Waals surface area contributed by atoms with Crippen LogP contribution in [0.15, 0.2) is 41.3 Å². The van der Waals surface area contributed by atoms with Crippen molar-refractivity contribution in [1.82, 2.24) is 4.57 Å². The monoisotopic (exact) mass is 385 g/mol. The van der Waals surface area contributed by atoms with Gasteiger partial charge in [0.1, 0.15) is 0 Å². The molecule has 1 aliphatic rings. The van der Waals surface area contributed by atoms with Crippen LogP contribution in [0.25, 0.3) is 0 Å². The Balaban J connectivity index is 1.71. The van der Waals surface area contributed by atoms with Gasteiger partial charge in [0, 0.05) is 12.3 Å². The van der Waals surface area contributed by atoms with Gasteiger partial charge >= 0.3 is 13.2 Å². The molecule has 1 heterocycles. The lowest BCUT2D eigenvalue weighted by Gasteiger charge is -2.14. The van der Waals surface area contributed by atoms with Crippen LogP contribution >= 0.6 is 0 Å². The first kappa shape index (κ1) is 19.3. The maximum atomic E-state index is 12.8. The summed E-state index contributed by atoms with van der Waals surface area (Å²) in [5, 5.41) is 0. The third-order valence-electron chi connectivity index (χ3n) is 4.31. The summed E-state index contributed by atoms with van der Waals surface area (Å²) < 4.78 is 61.2. The van der Waals surface area contributed by atoms with E-state index >= 15 is 0 Å². The Morgan fingerprint density at radius 2 is 1.70 bits per heavy atom. The minimum atomic E-state index is -2.95. The third kappa shape index (κ3) is 5.48. The smallest absolute Gasteiger partial charge is 0.387 e. The van der Waals surface area contributed by atoms with E-state index in [9.17, 15) is 22.4 Å². The van der Waals surface area contributed by atoms with E-state index in [0.29, 0.717) is 35.5 Å². The van der Waals surface area contributed by atoms with Crippen molar-refractivity contribution >= 4 is 0 Å². The number of pyridine rings is 1. The van der Waals surface area contributed by atoms with Crippen molar-refractivity contribution in [3.63, 3.8) is 0 Å². The minimum Gasteiger partial charge on any atom is -0.489 e. The molecule has 0 N–H and O–H groups in total. The van der Waals surface area contributed by atoms with Gasteiger partial charge in [-0.15, -0.1) is 0 Å². The summed E-state index contributed by atoms with van der Waals surface area (Å²) in [6, 6.07) is 7.28. The largest absolute Gasteiger partial charge is 0.489 e. The summed E-state index contributed by atoms with van der Waals surface area (Å²) in [4.78, 5) is 11.4. The Labute approximate surface area is 153 Å². The zero-order valence-electron chi connectivity index (χ0n) is 14.4. The van der Waals surface area contributed by atoms with Crippen molar-refractivity contribution in [3.8, 4) is 11.5 Å². The summed E-state index contributed by atoms with van der Waals surface area (Å²) in [5.41, 5.74) is 0.596. The molecule has 3 rings (SSSR count). The van der Waals surface area contributed by atoms with E-state index in [0.717, 1.165) is 30.7 Å². The SMILES string of the molecule is O=c1ccc(CCc2ccc(OC(F)F)c(OCC3CC3)c2)cn1C(F)F. The average molecular weight is 385 g/mol. The zero-order chi connectivity index (χ0) is 19.4. The van der Waals surface area contributed by atoms with Crippen LogP contribution in [0, 0.1) is 5.92 Å². The van der Waals surface area contributed by atoms with Crippen molar-refractivity contribution in [3.05, 3.63) is 58.0 Å². The number of nitrogens with zero attached hydrogens (tertiary/aromatic N) is 1. The molecule has 146 valence electrons. The third-order valence-corrected chi connectivity index (χ3v) is 4.31. The number of hydrogen-bond acceptors (Lipinski definition) is 3. The number of aryl methyl sites for hydroxylation is 2. The summed E-state index contributed by atoms with van der Waals surface area (Å²) in [6.07, 6.45) is 4.13. The summed E-state index contributed by atoms with van der Waals surface area (Å²) >= 11 is 0. The van der Waals surface area contributed by atoms with E-state index in [1.54, 1.807) is 12.1 Å². The summed E-state index contributed by atoms with van der Waals surface area (Å²) in [6.45, 7) is -5.40. The molecule has 0 spiro atoms. The van der Waals surface area contributed by atoms with Gasteiger partial charge in [-0.25, -0.2) is 0 Å². The average Bonchev–Trinajstić information content (AvgIpc) is 3.44. The fourth-order valence-electron chi connectivity index (χ4n) is 2.65. The molecular weight excluding hydrogens is 366 g/mol. The molecule has 1 aromatic heterocycles. The second-order valence-electron chi connectivity index (χ2n) is 6.47. The first-order chi connectivity index (χ1) is 12.9. The Morgan fingerprint density at radius 3 is 2.37 bits per heavy atom. The van der Waals surface area contributed by atoms with Crippen molar-refractivity contribution in [1.29, 1.82) is 0 Å². The highest BCUT2D eigenvalue weighted by Gasteiger charge is 2.23. The fourth-order valence-corrected chi connectivity index (χ4v) is 2.65. The minimum absolute atomic E-state index is 0.0272. The number of benzene rings is 1. The van der Waals surface area contributed by atoms with Crippen LogP contribution in [0.4, 0.5) is 17.6 Å². The van der Waals surface area contributed by atoms with Crippen LogP contribution in [-0.2, 0) is 12.8 Å². The lowest BCUT2D eigenvalue weighted by atomic mass is 10.1. The van der Waals surface area contributed by atoms with Gasteiger partial charge in [-0.3, -0.25) is 9.36 Å². The van der Waals surface area contributed by atoms with E-state index in [4.69, 9.17) is 4.74 Å². The molecule has 8 heteroatoms. The molecule has 1 saturated carbocycles. The Bertz CT molecular complexity index is 834. The van der Waals surface area contributed by atoms with E-state index in [-0.39, 0.29) is 11.5 Å². The normalized spacial score (nSPS) is 14.0. The molecule has 1 fully saturated rings. The van der Waals surface area contributed by atoms with E-state index < -0.39 is 18.7 Å². The van der Waals surface area contributed by atoms with Crippen LogP contribution in [-0.4, -0.2) is 17.8 Å². The molecule has 0 unspecified atom stereocenters. The predicted octanol–water partition coefficient (Wildman–Crippen LogP) is 4.42. The van der Waals surface area contributed by atoms with Crippen LogP contribution in [0.5, 0.6) is 11.5 Å². The molecule has 2 aromatic rings. The van der Waals surface area contributed by atoms with Crippen LogP contribution in [0.1, 0.15) is 30.5 Å². The number of hydrogen-bond donors (Lipinski definition) is 0. The van der Waals surface area contributed by atoms with Crippen molar-refractivity contribution < 1.29 is 27.0 Å². The first-order valence-electron chi connectivity index (χ1n) is 8.62. The van der Waals surface area contributed by atoms with Gasteiger partial charge in [-0.2, -0.15) is 17.6 Å². The second-order valence-corrected chi connectivity index (χ2v) is 6.47. The van der Waals surface area contributed by atoms with Gasteiger partial charge in [0.15, 0.2) is 11.5 Å². The molecule has 0 bridgehead atoms. The van der Waals surface area contributed by atoms with E-state index in [1.807, 2.05) is 0 Å². The van der Waals surface area contributed by atoms with Gasteiger partial charge in [0.05, 0.1) is 6.61 Å². The summed E-state index contributed by atoms with van der Waals surface area (Å²) in [5.74, 6) is 0.668.